The zero-order valence-electron chi connectivity index (χ0n) is 27.3. The van der Waals surface area contributed by atoms with Crippen molar-refractivity contribution in [2.24, 2.45) is 0 Å². The van der Waals surface area contributed by atoms with E-state index in [2.05, 4.69) is 182 Å². The Balaban J connectivity index is 1.16. The van der Waals surface area contributed by atoms with E-state index in [-0.39, 0.29) is 0 Å². The molecule has 0 fully saturated rings. The predicted octanol–water partition coefficient (Wildman–Crippen LogP) is 14.1. The summed E-state index contributed by atoms with van der Waals surface area (Å²) in [6, 6.07) is 67.5. The molecule has 0 radical (unpaired) electrons. The van der Waals surface area contributed by atoms with Gasteiger partial charge in [0.25, 0.3) is 0 Å². The van der Waals surface area contributed by atoms with Crippen LogP contribution in [0.3, 0.4) is 0 Å². The minimum absolute atomic E-state index is 1.24. The van der Waals surface area contributed by atoms with Crippen molar-refractivity contribution in [3.8, 4) is 44.5 Å². The Morgan fingerprint density at radius 3 is 1.10 bits per heavy atom. The fourth-order valence-corrected chi connectivity index (χ4v) is 8.70. The highest BCUT2D eigenvalue weighted by atomic mass is 14.2. The fourth-order valence-electron chi connectivity index (χ4n) is 8.70. The summed E-state index contributed by atoms with van der Waals surface area (Å²) in [7, 11) is 0. The van der Waals surface area contributed by atoms with Gasteiger partial charge in [-0.15, -0.1) is 0 Å². The van der Waals surface area contributed by atoms with Gasteiger partial charge in [-0.3, -0.25) is 0 Å². The lowest BCUT2D eigenvalue weighted by Gasteiger charge is -2.20. The van der Waals surface area contributed by atoms with E-state index in [1.165, 1.54) is 109 Å². The maximum Gasteiger partial charge on any atom is -0.00201 e. The van der Waals surface area contributed by atoms with Crippen LogP contribution in [0.15, 0.2) is 182 Å². The average molecular weight is 631 g/mol. The van der Waals surface area contributed by atoms with E-state index in [0.29, 0.717) is 0 Å². The summed E-state index contributed by atoms with van der Waals surface area (Å²) in [5, 5.41) is 15.7. The first-order valence-electron chi connectivity index (χ1n) is 17.4. The van der Waals surface area contributed by atoms with Gasteiger partial charge in [-0.05, 0) is 121 Å². The van der Waals surface area contributed by atoms with Crippen LogP contribution in [0.4, 0.5) is 0 Å². The van der Waals surface area contributed by atoms with E-state index in [9.17, 15) is 0 Å². The molecule has 0 aromatic heterocycles. The molecule has 0 heterocycles. The smallest absolute Gasteiger partial charge is 0.00201 e. The Morgan fingerprint density at radius 2 is 0.580 bits per heavy atom. The van der Waals surface area contributed by atoms with Crippen molar-refractivity contribution >= 4 is 64.6 Å². The van der Waals surface area contributed by atoms with Crippen LogP contribution < -0.4 is 0 Å². The highest BCUT2D eigenvalue weighted by molar-refractivity contribution is 6.32. The molecule has 0 unspecified atom stereocenters. The van der Waals surface area contributed by atoms with Gasteiger partial charge in [-0.1, -0.05) is 170 Å². The number of rotatable bonds is 4. The Morgan fingerprint density at radius 1 is 0.200 bits per heavy atom. The van der Waals surface area contributed by atoms with Gasteiger partial charge in [0.2, 0.25) is 0 Å². The molecular weight excluding hydrogens is 601 g/mol. The molecule has 0 amide bonds. The van der Waals surface area contributed by atoms with E-state index in [0.717, 1.165) is 0 Å². The zero-order chi connectivity index (χ0) is 32.8. The summed E-state index contributed by atoms with van der Waals surface area (Å²) < 4.78 is 0. The Kier molecular flexibility index (Phi) is 5.76. The van der Waals surface area contributed by atoms with Gasteiger partial charge in [-0.2, -0.15) is 0 Å². The van der Waals surface area contributed by atoms with Gasteiger partial charge in [0.1, 0.15) is 0 Å². The topological polar surface area (TPSA) is 0 Å². The van der Waals surface area contributed by atoms with Crippen LogP contribution in [0.2, 0.25) is 0 Å². The lowest BCUT2D eigenvalue weighted by Crippen LogP contribution is -1.93. The van der Waals surface area contributed by atoms with Crippen LogP contribution in [-0.4, -0.2) is 0 Å². The molecule has 230 valence electrons. The van der Waals surface area contributed by atoms with Gasteiger partial charge in [0, 0.05) is 0 Å². The Labute approximate surface area is 290 Å². The highest BCUT2D eigenvalue weighted by Crippen LogP contribution is 2.48. The lowest BCUT2D eigenvalue weighted by atomic mass is 9.83. The van der Waals surface area contributed by atoms with Gasteiger partial charge in [-0.25, -0.2) is 0 Å². The minimum atomic E-state index is 1.24. The van der Waals surface area contributed by atoms with E-state index >= 15 is 0 Å². The summed E-state index contributed by atoms with van der Waals surface area (Å²) in [6.07, 6.45) is 0. The molecule has 0 atom stereocenters. The second kappa shape index (κ2) is 10.5. The molecule has 50 heavy (non-hydrogen) atoms. The standard InChI is InChI=1S/C50H30/c1-3-9-31(10-4-1)32-17-19-34(20-18-32)40-26-24-38-30-46(42-16-8-14-36-22-28-44(40)50(38)48(36)42)45-29-37-23-25-39(33-11-5-2-6-12-33)43-27-21-35-13-7-15-41(45)47(35)49(37)43/h1-30H. The highest BCUT2D eigenvalue weighted by Gasteiger charge is 2.20. The largest absolute Gasteiger partial charge is 0.0622 e. The maximum atomic E-state index is 2.44. The van der Waals surface area contributed by atoms with Crippen molar-refractivity contribution in [1.29, 1.82) is 0 Å². The van der Waals surface area contributed by atoms with Crippen molar-refractivity contribution in [2.45, 2.75) is 0 Å². The third-order valence-corrected chi connectivity index (χ3v) is 11.0. The first-order valence-corrected chi connectivity index (χ1v) is 17.4. The number of hydrogen-bond donors (Lipinski definition) is 0. The Hall–Kier alpha value is -6.50. The second-order valence-electron chi connectivity index (χ2n) is 13.6. The molecular formula is C50H30. The molecule has 0 aliphatic carbocycles. The van der Waals surface area contributed by atoms with Crippen molar-refractivity contribution < 1.29 is 0 Å². The van der Waals surface area contributed by atoms with Crippen LogP contribution >= 0.6 is 0 Å². The molecule has 0 heteroatoms. The molecule has 0 saturated carbocycles. The first kappa shape index (κ1) is 27.5. The third kappa shape index (κ3) is 3.94. The number of benzene rings is 11. The SMILES string of the molecule is c1ccc(-c2ccc(-c3ccc4cc(-c5cc6ccc(-c7ccccc7)c7ccc8cccc5c8c67)c5cccc6ccc3c4c65)cc2)cc1. The van der Waals surface area contributed by atoms with Crippen molar-refractivity contribution in [1.82, 2.24) is 0 Å². The van der Waals surface area contributed by atoms with Crippen LogP contribution in [0, 0.1) is 0 Å². The molecule has 11 aromatic carbocycles. The monoisotopic (exact) mass is 630 g/mol. The van der Waals surface area contributed by atoms with Crippen molar-refractivity contribution in [3.63, 3.8) is 0 Å². The van der Waals surface area contributed by atoms with Gasteiger partial charge >= 0.3 is 0 Å². The van der Waals surface area contributed by atoms with Crippen LogP contribution in [0.5, 0.6) is 0 Å². The van der Waals surface area contributed by atoms with Crippen molar-refractivity contribution in [3.05, 3.63) is 182 Å². The van der Waals surface area contributed by atoms with E-state index < -0.39 is 0 Å². The first-order chi connectivity index (χ1) is 24.8. The van der Waals surface area contributed by atoms with Gasteiger partial charge < -0.3 is 0 Å². The summed E-state index contributed by atoms with van der Waals surface area (Å²) in [4.78, 5) is 0. The number of hydrogen-bond acceptors (Lipinski definition) is 0. The Bertz CT molecular complexity index is 3040. The average Bonchev–Trinajstić information content (AvgIpc) is 3.19. The molecule has 0 bridgehead atoms. The molecule has 0 nitrogen and oxygen atoms in total. The molecule has 11 rings (SSSR count). The quantitative estimate of drug-likeness (QED) is 0.170. The molecule has 0 aliphatic heterocycles. The predicted molar refractivity (Wildman–Crippen MR) is 216 cm³/mol. The van der Waals surface area contributed by atoms with Crippen LogP contribution in [0.1, 0.15) is 0 Å². The lowest BCUT2D eigenvalue weighted by molar-refractivity contribution is 1.61. The summed E-state index contributed by atoms with van der Waals surface area (Å²) in [5.41, 5.74) is 10.1. The van der Waals surface area contributed by atoms with Crippen LogP contribution in [-0.2, 0) is 0 Å². The van der Waals surface area contributed by atoms with Gasteiger partial charge in [0.05, 0.1) is 0 Å². The van der Waals surface area contributed by atoms with Crippen molar-refractivity contribution in [2.75, 3.05) is 0 Å². The molecule has 0 saturated heterocycles. The summed E-state index contributed by atoms with van der Waals surface area (Å²) in [5.74, 6) is 0. The van der Waals surface area contributed by atoms with Gasteiger partial charge in [0.15, 0.2) is 0 Å². The zero-order valence-corrected chi connectivity index (χ0v) is 27.3. The molecule has 11 aromatic rings. The van der Waals surface area contributed by atoms with E-state index in [1.807, 2.05) is 0 Å². The van der Waals surface area contributed by atoms with E-state index in [4.69, 9.17) is 0 Å². The normalized spacial score (nSPS) is 12.0. The minimum Gasteiger partial charge on any atom is -0.0622 e. The second-order valence-corrected chi connectivity index (χ2v) is 13.6. The maximum absolute atomic E-state index is 2.44. The fraction of sp³-hybridized carbons (Fsp3) is 0. The summed E-state index contributed by atoms with van der Waals surface area (Å²) >= 11 is 0. The molecule has 0 aliphatic rings. The van der Waals surface area contributed by atoms with E-state index in [1.54, 1.807) is 0 Å². The van der Waals surface area contributed by atoms with Crippen LogP contribution in [0.25, 0.3) is 109 Å². The molecule has 0 spiro atoms. The third-order valence-electron chi connectivity index (χ3n) is 11.0. The molecule has 0 N–H and O–H groups in total. The summed E-state index contributed by atoms with van der Waals surface area (Å²) in [6.45, 7) is 0.